The van der Waals surface area contributed by atoms with E-state index in [0.717, 1.165) is 0 Å². The van der Waals surface area contributed by atoms with Crippen molar-refractivity contribution in [2.75, 3.05) is 7.11 Å². The van der Waals surface area contributed by atoms with Crippen molar-refractivity contribution in [3.63, 3.8) is 0 Å². The molecule has 1 atom stereocenters. The molecule has 0 radical (unpaired) electrons. The van der Waals surface area contributed by atoms with Gasteiger partial charge in [-0.15, -0.1) is 0 Å². The molecule has 5 nitrogen and oxygen atoms in total. The number of ether oxygens (including phenoxy) is 1. The first-order chi connectivity index (χ1) is 9.66. The lowest BCUT2D eigenvalue weighted by Crippen LogP contribution is -2.41. The largest absolute Gasteiger partial charge is 0.496 e. The molecular weight excluding hydrogens is 258 g/mol. The van der Waals surface area contributed by atoms with E-state index in [1.54, 1.807) is 25.3 Å². The molecule has 2 aliphatic carbocycles. The van der Waals surface area contributed by atoms with Gasteiger partial charge >= 0.3 is 0 Å². The number of hydrogen-bond donors (Lipinski definition) is 1. The Labute approximate surface area is 115 Å². The Balaban J connectivity index is 2.12. The van der Waals surface area contributed by atoms with Gasteiger partial charge in [0, 0.05) is 12.0 Å². The van der Waals surface area contributed by atoms with Gasteiger partial charge in [-0.1, -0.05) is 17.3 Å². The van der Waals surface area contributed by atoms with Crippen LogP contribution in [0.4, 0.5) is 0 Å². The van der Waals surface area contributed by atoms with Gasteiger partial charge in [-0.3, -0.25) is 4.79 Å². The van der Waals surface area contributed by atoms with Crippen LogP contribution >= 0.6 is 0 Å². The number of nitrogens with zero attached hydrogens (tertiary/aromatic N) is 1. The minimum absolute atomic E-state index is 0.289. The van der Waals surface area contributed by atoms with Crippen LogP contribution in [0.3, 0.4) is 0 Å². The van der Waals surface area contributed by atoms with Gasteiger partial charge in [0.1, 0.15) is 17.2 Å². The predicted molar refractivity (Wildman–Crippen MR) is 69.7 cm³/mol. The SMILES string of the molecule is COc1cccc2c1-c1noc3c1C(O)(CCC3)C2=O. The lowest BCUT2D eigenvalue weighted by atomic mass is 9.71. The maximum Gasteiger partial charge on any atom is 0.199 e. The maximum absolute atomic E-state index is 12.7. The minimum atomic E-state index is -1.50. The minimum Gasteiger partial charge on any atom is -0.496 e. The Morgan fingerprint density at radius 1 is 1.45 bits per heavy atom. The molecule has 2 aromatic rings. The zero-order valence-corrected chi connectivity index (χ0v) is 11.0. The van der Waals surface area contributed by atoms with Crippen molar-refractivity contribution in [2.24, 2.45) is 0 Å². The standard InChI is InChI=1S/C15H13NO4/c1-19-9-5-2-4-8-11(9)13-12-10(20-16-13)6-3-7-15(12,18)14(8)17/h2,4-5,18H,3,6-7H2,1H3. The third-order valence-electron chi connectivity index (χ3n) is 4.22. The number of ketones is 1. The number of aromatic nitrogens is 1. The summed E-state index contributed by atoms with van der Waals surface area (Å²) in [6.45, 7) is 0. The Hall–Kier alpha value is -2.14. The molecule has 1 N–H and O–H groups in total. The highest BCUT2D eigenvalue weighted by Gasteiger charge is 2.51. The molecule has 1 aromatic carbocycles. The second-order valence-corrected chi connectivity index (χ2v) is 5.26. The van der Waals surface area contributed by atoms with Crippen molar-refractivity contribution in [2.45, 2.75) is 24.9 Å². The molecule has 4 rings (SSSR count). The number of methoxy groups -OCH3 is 1. The molecule has 20 heavy (non-hydrogen) atoms. The lowest BCUT2D eigenvalue weighted by molar-refractivity contribution is 0.0186. The molecule has 0 saturated carbocycles. The van der Waals surface area contributed by atoms with Crippen LogP contribution in [0, 0.1) is 0 Å². The van der Waals surface area contributed by atoms with Crippen LogP contribution in [0.5, 0.6) is 5.75 Å². The Bertz CT molecular complexity index is 733. The number of carbonyl (C=O) groups is 1. The van der Waals surface area contributed by atoms with E-state index in [1.807, 2.05) is 0 Å². The van der Waals surface area contributed by atoms with Crippen molar-refractivity contribution in [1.82, 2.24) is 5.16 Å². The average Bonchev–Trinajstić information content (AvgIpc) is 2.90. The smallest absolute Gasteiger partial charge is 0.199 e. The average molecular weight is 271 g/mol. The lowest BCUT2D eigenvalue weighted by Gasteiger charge is -2.34. The van der Waals surface area contributed by atoms with Gasteiger partial charge in [-0.05, 0) is 18.9 Å². The molecule has 1 heterocycles. The summed E-state index contributed by atoms with van der Waals surface area (Å²) in [6, 6.07) is 5.22. The predicted octanol–water partition coefficient (Wildman–Crippen LogP) is 2.07. The Morgan fingerprint density at radius 3 is 3.10 bits per heavy atom. The van der Waals surface area contributed by atoms with E-state index < -0.39 is 5.60 Å². The van der Waals surface area contributed by atoms with Gasteiger partial charge in [0.05, 0.1) is 18.2 Å². The maximum atomic E-state index is 12.7. The third kappa shape index (κ3) is 1.21. The van der Waals surface area contributed by atoms with E-state index in [-0.39, 0.29) is 5.78 Å². The summed E-state index contributed by atoms with van der Waals surface area (Å²) in [5.74, 6) is 0.890. The molecule has 0 amide bonds. The quantitative estimate of drug-likeness (QED) is 0.859. The van der Waals surface area contributed by atoms with Crippen LogP contribution in [0.1, 0.15) is 34.5 Å². The van der Waals surface area contributed by atoms with Crippen LogP contribution < -0.4 is 4.74 Å². The van der Waals surface area contributed by atoms with E-state index in [4.69, 9.17) is 9.26 Å². The van der Waals surface area contributed by atoms with E-state index in [0.29, 0.717) is 53.2 Å². The van der Waals surface area contributed by atoms with Crippen molar-refractivity contribution >= 4 is 5.78 Å². The third-order valence-corrected chi connectivity index (χ3v) is 4.22. The van der Waals surface area contributed by atoms with Gasteiger partial charge in [-0.25, -0.2) is 0 Å². The highest BCUT2D eigenvalue weighted by Crippen LogP contribution is 2.50. The summed E-state index contributed by atoms with van der Waals surface area (Å²) < 4.78 is 10.7. The van der Waals surface area contributed by atoms with Crippen molar-refractivity contribution in [3.05, 3.63) is 35.1 Å². The summed E-state index contributed by atoms with van der Waals surface area (Å²) in [6.07, 6.45) is 1.81. The van der Waals surface area contributed by atoms with Crippen molar-refractivity contribution in [1.29, 1.82) is 0 Å². The van der Waals surface area contributed by atoms with Crippen molar-refractivity contribution in [3.8, 4) is 17.0 Å². The molecule has 102 valence electrons. The molecule has 0 fully saturated rings. The fourth-order valence-corrected chi connectivity index (χ4v) is 3.31. The van der Waals surface area contributed by atoms with Crippen LogP contribution in [0.2, 0.25) is 0 Å². The van der Waals surface area contributed by atoms with E-state index >= 15 is 0 Å². The molecule has 5 heteroatoms. The highest BCUT2D eigenvalue weighted by molar-refractivity contribution is 6.12. The number of hydrogen-bond acceptors (Lipinski definition) is 5. The molecular formula is C15H13NO4. The molecule has 0 bridgehead atoms. The molecule has 0 spiro atoms. The molecule has 2 aliphatic rings. The first-order valence-corrected chi connectivity index (χ1v) is 6.60. The molecule has 1 unspecified atom stereocenters. The van der Waals surface area contributed by atoms with E-state index in [9.17, 15) is 9.90 Å². The zero-order valence-electron chi connectivity index (χ0n) is 11.0. The number of rotatable bonds is 1. The number of aliphatic hydroxyl groups is 1. The molecule has 1 aromatic heterocycles. The summed E-state index contributed by atoms with van der Waals surface area (Å²) in [7, 11) is 1.55. The summed E-state index contributed by atoms with van der Waals surface area (Å²) in [5, 5.41) is 14.9. The zero-order chi connectivity index (χ0) is 13.9. The highest BCUT2D eigenvalue weighted by atomic mass is 16.5. The number of aryl methyl sites for hydroxylation is 1. The normalized spacial score (nSPS) is 23.2. The van der Waals surface area contributed by atoms with Gasteiger partial charge in [-0.2, -0.15) is 0 Å². The summed E-state index contributed by atoms with van der Waals surface area (Å²) >= 11 is 0. The fourth-order valence-electron chi connectivity index (χ4n) is 3.31. The van der Waals surface area contributed by atoms with Gasteiger partial charge in [0.15, 0.2) is 11.4 Å². The number of benzene rings is 1. The van der Waals surface area contributed by atoms with Gasteiger partial charge < -0.3 is 14.4 Å². The second kappa shape index (κ2) is 3.70. The van der Waals surface area contributed by atoms with Crippen molar-refractivity contribution < 1.29 is 19.2 Å². The van der Waals surface area contributed by atoms with Crippen LogP contribution in [0.25, 0.3) is 11.3 Å². The summed E-state index contributed by atoms with van der Waals surface area (Å²) in [4.78, 5) is 12.7. The molecule has 0 saturated heterocycles. The number of Topliss-reactive ketones (excluding diaryl/α,β-unsaturated/α-hetero) is 1. The van der Waals surface area contributed by atoms with Crippen LogP contribution in [-0.4, -0.2) is 23.2 Å². The van der Waals surface area contributed by atoms with Gasteiger partial charge in [0.25, 0.3) is 0 Å². The van der Waals surface area contributed by atoms with E-state index in [1.165, 1.54) is 0 Å². The van der Waals surface area contributed by atoms with Gasteiger partial charge in [0.2, 0.25) is 0 Å². The Kier molecular flexibility index (Phi) is 2.16. The molecule has 0 aliphatic heterocycles. The van der Waals surface area contributed by atoms with E-state index in [2.05, 4.69) is 5.16 Å². The Morgan fingerprint density at radius 2 is 2.30 bits per heavy atom. The number of fused-ring (bicyclic) bond motifs is 2. The van der Waals surface area contributed by atoms with Crippen LogP contribution in [-0.2, 0) is 12.0 Å². The first-order valence-electron chi connectivity index (χ1n) is 6.60. The van der Waals surface area contributed by atoms with Crippen LogP contribution in [0.15, 0.2) is 22.7 Å². The fraction of sp³-hybridized carbons (Fsp3) is 0.333. The summed E-state index contributed by atoms with van der Waals surface area (Å²) in [5.41, 5.74) is 0.639. The monoisotopic (exact) mass is 271 g/mol. The number of carbonyl (C=O) groups excluding carboxylic acids is 1. The topological polar surface area (TPSA) is 72.6 Å². The second-order valence-electron chi connectivity index (χ2n) is 5.26. The first kappa shape index (κ1) is 11.7.